The van der Waals surface area contributed by atoms with Crippen LogP contribution < -0.4 is 9.64 Å². The molecule has 0 aromatic heterocycles. The van der Waals surface area contributed by atoms with Crippen molar-refractivity contribution >= 4 is 24.9 Å². The molecule has 0 spiro atoms. The second-order valence-electron chi connectivity index (χ2n) is 8.63. The van der Waals surface area contributed by atoms with Crippen LogP contribution in [0.25, 0.3) is 11.1 Å². The molecule has 0 fully saturated rings. The van der Waals surface area contributed by atoms with E-state index in [9.17, 15) is 18.5 Å². The van der Waals surface area contributed by atoms with E-state index in [4.69, 9.17) is 26.1 Å². The summed E-state index contributed by atoms with van der Waals surface area (Å²) in [5, 5.41) is 9.55. The Hall–Kier alpha value is -3.42. The van der Waals surface area contributed by atoms with E-state index in [1.807, 2.05) is 53.4 Å². The van der Waals surface area contributed by atoms with Gasteiger partial charge in [-0.1, -0.05) is 72.3 Å². The zero-order chi connectivity index (χ0) is 27.5. The van der Waals surface area contributed by atoms with Gasteiger partial charge in [0, 0.05) is 13.1 Å². The third kappa shape index (κ3) is 5.84. The minimum absolute atomic E-state index is 0.140. The Morgan fingerprint density at radius 3 is 2.32 bits per heavy atom. The molecule has 198 valence electrons. The number of rotatable bonds is 9. The number of nitrogens with zero attached hydrogens (tertiary/aromatic N) is 1. The largest absolute Gasteiger partial charge is 0.508 e. The first-order valence-corrected chi connectivity index (χ1v) is 13.5. The van der Waals surface area contributed by atoms with E-state index >= 15 is 0 Å². The number of aromatic hydroxyl groups is 1. The molecule has 0 unspecified atom stereocenters. The summed E-state index contributed by atoms with van der Waals surface area (Å²) in [6.07, 6.45) is 0. The van der Waals surface area contributed by atoms with E-state index in [-0.39, 0.29) is 12.3 Å². The highest BCUT2D eigenvalue weighted by atomic mass is 35.5. The highest BCUT2D eigenvalue weighted by molar-refractivity contribution is 7.52. The van der Waals surface area contributed by atoms with Crippen LogP contribution in [-0.2, 0) is 23.3 Å². The molecule has 0 bridgehead atoms. The number of phenols is 1. The summed E-state index contributed by atoms with van der Waals surface area (Å²) in [7, 11) is -4.22. The SMILES string of the molecule is COc1ccccc1N(Cc1ccc(C(F)(F)P(=O)(O)O)c(Cl)c1)Cc1ccccc1-c1cccc(O)c1. The molecule has 0 aliphatic heterocycles. The van der Waals surface area contributed by atoms with Crippen molar-refractivity contribution in [2.45, 2.75) is 18.8 Å². The predicted molar refractivity (Wildman–Crippen MR) is 144 cm³/mol. The molecule has 38 heavy (non-hydrogen) atoms. The quantitative estimate of drug-likeness (QED) is 0.189. The first kappa shape index (κ1) is 27.6. The van der Waals surface area contributed by atoms with Crippen molar-refractivity contribution in [2.75, 3.05) is 12.0 Å². The van der Waals surface area contributed by atoms with Gasteiger partial charge in [0.2, 0.25) is 0 Å². The fraction of sp³-hybridized carbons (Fsp3) is 0.143. The third-order valence-electron chi connectivity index (χ3n) is 6.06. The molecule has 0 heterocycles. The Morgan fingerprint density at radius 2 is 1.63 bits per heavy atom. The van der Waals surface area contributed by atoms with Gasteiger partial charge in [-0.3, -0.25) is 4.57 Å². The van der Waals surface area contributed by atoms with Crippen LogP contribution in [0, 0.1) is 0 Å². The summed E-state index contributed by atoms with van der Waals surface area (Å²) in [6.45, 7) is 0.598. The Bertz CT molecular complexity index is 1490. The van der Waals surface area contributed by atoms with Gasteiger partial charge in [0.05, 0.1) is 23.4 Å². The molecule has 4 rings (SSSR count). The lowest BCUT2D eigenvalue weighted by molar-refractivity contribution is 0.0565. The molecule has 0 aliphatic carbocycles. The van der Waals surface area contributed by atoms with Crippen molar-refractivity contribution in [1.82, 2.24) is 0 Å². The number of hydrogen-bond donors (Lipinski definition) is 3. The summed E-state index contributed by atoms with van der Waals surface area (Å²) >= 11 is 6.10. The number of para-hydroxylation sites is 2. The van der Waals surface area contributed by atoms with Crippen LogP contribution in [0.1, 0.15) is 16.7 Å². The van der Waals surface area contributed by atoms with Crippen LogP contribution in [0.15, 0.2) is 91.0 Å². The molecule has 0 saturated heterocycles. The lowest BCUT2D eigenvalue weighted by Gasteiger charge is -2.28. The first-order valence-electron chi connectivity index (χ1n) is 11.5. The highest BCUT2D eigenvalue weighted by Gasteiger charge is 2.51. The molecular weight excluding hydrogens is 535 g/mol. The van der Waals surface area contributed by atoms with Gasteiger partial charge >= 0.3 is 13.3 Å². The van der Waals surface area contributed by atoms with Crippen LogP contribution in [0.4, 0.5) is 14.5 Å². The zero-order valence-electron chi connectivity index (χ0n) is 20.3. The van der Waals surface area contributed by atoms with E-state index in [0.717, 1.165) is 28.4 Å². The van der Waals surface area contributed by atoms with Crippen LogP contribution in [0.5, 0.6) is 11.5 Å². The average molecular weight is 560 g/mol. The van der Waals surface area contributed by atoms with Gasteiger partial charge in [-0.25, -0.2) is 0 Å². The maximum Gasteiger partial charge on any atom is 0.399 e. The van der Waals surface area contributed by atoms with Crippen molar-refractivity contribution in [3.05, 3.63) is 113 Å². The Labute approximate surface area is 223 Å². The average Bonchev–Trinajstić information content (AvgIpc) is 2.88. The zero-order valence-corrected chi connectivity index (χ0v) is 21.9. The van der Waals surface area contributed by atoms with Crippen LogP contribution in [-0.4, -0.2) is 22.0 Å². The molecular formula is C28H25ClF2NO5P. The number of anilines is 1. The topological polar surface area (TPSA) is 90.2 Å². The van der Waals surface area contributed by atoms with Gasteiger partial charge in [-0.15, -0.1) is 0 Å². The van der Waals surface area contributed by atoms with Crippen molar-refractivity contribution in [1.29, 1.82) is 0 Å². The number of phenolic OH excluding ortho intramolecular Hbond substituents is 1. The molecule has 0 radical (unpaired) electrons. The molecule has 4 aromatic carbocycles. The smallest absolute Gasteiger partial charge is 0.399 e. The maximum absolute atomic E-state index is 14.3. The second-order valence-corrected chi connectivity index (χ2v) is 10.7. The lowest BCUT2D eigenvalue weighted by Crippen LogP contribution is -2.23. The van der Waals surface area contributed by atoms with Crippen LogP contribution in [0.3, 0.4) is 0 Å². The third-order valence-corrected chi connectivity index (χ3v) is 7.34. The predicted octanol–water partition coefficient (Wildman–Crippen LogP) is 7.16. The summed E-state index contributed by atoms with van der Waals surface area (Å²) < 4.78 is 45.5. The molecule has 0 amide bonds. The number of halogens is 3. The monoisotopic (exact) mass is 559 g/mol. The minimum Gasteiger partial charge on any atom is -0.508 e. The number of ether oxygens (including phenoxy) is 1. The number of benzene rings is 4. The standard InChI is InChI=1S/C28H25ClF2NO5P/c1-37-27-12-5-4-11-26(27)32(17-19-13-14-24(25(29)15-19)28(30,31)38(34,35)36)18-21-7-2-3-10-23(21)20-8-6-9-22(33)16-20/h2-16,33H,17-18H2,1H3,(H2,34,35,36). The highest BCUT2D eigenvalue weighted by Crippen LogP contribution is 2.60. The summed E-state index contributed by atoms with van der Waals surface area (Å²) in [5.74, 6) is 0.735. The van der Waals surface area contributed by atoms with Gasteiger partial charge < -0.3 is 24.5 Å². The lowest BCUT2D eigenvalue weighted by atomic mass is 9.98. The van der Waals surface area contributed by atoms with Gasteiger partial charge in [0.15, 0.2) is 0 Å². The Kier molecular flexibility index (Phi) is 8.09. The second kappa shape index (κ2) is 11.1. The Morgan fingerprint density at radius 1 is 0.921 bits per heavy atom. The number of methoxy groups -OCH3 is 1. The molecule has 4 aromatic rings. The van der Waals surface area contributed by atoms with Gasteiger partial charge in [0.1, 0.15) is 11.5 Å². The van der Waals surface area contributed by atoms with E-state index in [1.54, 1.807) is 31.4 Å². The molecule has 0 atom stereocenters. The summed E-state index contributed by atoms with van der Waals surface area (Å²) in [5.41, 5.74) is -1.41. The molecule has 0 aliphatic rings. The maximum atomic E-state index is 14.3. The van der Waals surface area contributed by atoms with Crippen molar-refractivity contribution < 1.29 is 33.0 Å². The van der Waals surface area contributed by atoms with Crippen molar-refractivity contribution in [2.24, 2.45) is 0 Å². The number of alkyl halides is 2. The van der Waals surface area contributed by atoms with Crippen molar-refractivity contribution in [3.63, 3.8) is 0 Å². The molecule has 0 saturated carbocycles. The van der Waals surface area contributed by atoms with Gasteiger partial charge in [-0.2, -0.15) is 8.78 Å². The molecule has 6 nitrogen and oxygen atoms in total. The van der Waals surface area contributed by atoms with Crippen molar-refractivity contribution in [3.8, 4) is 22.6 Å². The minimum atomic E-state index is -5.77. The molecule has 10 heteroatoms. The fourth-order valence-electron chi connectivity index (χ4n) is 4.21. The fourth-order valence-corrected chi connectivity index (χ4v) is 5.11. The van der Waals surface area contributed by atoms with E-state index in [1.165, 1.54) is 12.1 Å². The number of hydrogen-bond acceptors (Lipinski definition) is 4. The normalized spacial score (nSPS) is 11.8. The first-order chi connectivity index (χ1) is 18.0. The van der Waals surface area contributed by atoms with E-state index < -0.39 is 23.8 Å². The summed E-state index contributed by atoms with van der Waals surface area (Å²) in [6, 6.07) is 25.6. The van der Waals surface area contributed by atoms with Crippen LogP contribution in [0.2, 0.25) is 5.02 Å². The van der Waals surface area contributed by atoms with Crippen LogP contribution >= 0.6 is 19.2 Å². The summed E-state index contributed by atoms with van der Waals surface area (Å²) in [4.78, 5) is 20.2. The van der Waals surface area contributed by atoms with E-state index in [2.05, 4.69) is 0 Å². The van der Waals surface area contributed by atoms with Gasteiger partial charge in [0.25, 0.3) is 0 Å². The molecule has 3 N–H and O–H groups in total. The van der Waals surface area contributed by atoms with Gasteiger partial charge in [-0.05, 0) is 52.6 Å². The Balaban J connectivity index is 1.75. The van der Waals surface area contributed by atoms with E-state index in [0.29, 0.717) is 17.9 Å².